The molecule has 0 aliphatic carbocycles. The molecule has 1 aromatic heterocycles. The Labute approximate surface area is 122 Å². The molecule has 0 fully saturated rings. The molecule has 2 aromatic rings. The smallest absolute Gasteiger partial charge is 0.257 e. The Balaban J connectivity index is 2.29. The minimum atomic E-state index is -0.367. The van der Waals surface area contributed by atoms with E-state index >= 15 is 0 Å². The molecule has 0 radical (unpaired) electrons. The number of nitrogens with one attached hydrogen (secondary N) is 1. The molecule has 0 spiro atoms. The van der Waals surface area contributed by atoms with E-state index in [0.29, 0.717) is 17.2 Å². The van der Waals surface area contributed by atoms with E-state index in [1.54, 1.807) is 19.2 Å². The Hall–Kier alpha value is -2.76. The highest BCUT2D eigenvalue weighted by atomic mass is 16.5. The molecule has 6 nitrogen and oxygen atoms in total. The van der Waals surface area contributed by atoms with Gasteiger partial charge in [-0.1, -0.05) is 0 Å². The predicted molar refractivity (Wildman–Crippen MR) is 78.1 cm³/mol. The van der Waals surface area contributed by atoms with E-state index in [1.165, 1.54) is 25.6 Å². The van der Waals surface area contributed by atoms with Crippen molar-refractivity contribution in [3.8, 4) is 17.2 Å². The van der Waals surface area contributed by atoms with E-state index < -0.39 is 0 Å². The van der Waals surface area contributed by atoms with Gasteiger partial charge in [0.25, 0.3) is 5.91 Å². The molecule has 1 aromatic carbocycles. The van der Waals surface area contributed by atoms with Crippen molar-refractivity contribution in [1.29, 1.82) is 0 Å². The van der Waals surface area contributed by atoms with Crippen LogP contribution in [0.3, 0.4) is 0 Å². The number of aryl methyl sites for hydroxylation is 1. The molecule has 1 amide bonds. The van der Waals surface area contributed by atoms with Gasteiger partial charge in [0.05, 0.1) is 26.0 Å². The monoisotopic (exact) mass is 288 g/mol. The highest BCUT2D eigenvalue weighted by molar-refractivity contribution is 6.04. The molecule has 2 N–H and O–H groups in total. The second-order valence-corrected chi connectivity index (χ2v) is 4.41. The molecular weight excluding hydrogens is 272 g/mol. The molecule has 0 aliphatic rings. The number of rotatable bonds is 4. The number of pyridine rings is 1. The summed E-state index contributed by atoms with van der Waals surface area (Å²) < 4.78 is 10.4. The van der Waals surface area contributed by atoms with Crippen LogP contribution in [0, 0.1) is 6.92 Å². The maximum atomic E-state index is 12.1. The Morgan fingerprint density at radius 3 is 2.43 bits per heavy atom. The topological polar surface area (TPSA) is 80.7 Å². The molecular formula is C15H16N2O4. The van der Waals surface area contributed by atoms with E-state index in [-0.39, 0.29) is 17.2 Å². The normalized spacial score (nSPS) is 10.0. The van der Waals surface area contributed by atoms with Crippen LogP contribution in [0.25, 0.3) is 0 Å². The molecule has 6 heteroatoms. The lowest BCUT2D eigenvalue weighted by Gasteiger charge is -2.13. The van der Waals surface area contributed by atoms with E-state index in [4.69, 9.17) is 9.47 Å². The van der Waals surface area contributed by atoms with E-state index in [1.807, 2.05) is 6.92 Å². The molecule has 0 aliphatic heterocycles. The van der Waals surface area contributed by atoms with Gasteiger partial charge in [-0.2, -0.15) is 0 Å². The minimum Gasteiger partial charge on any atom is -0.506 e. The van der Waals surface area contributed by atoms with Crippen LogP contribution < -0.4 is 14.8 Å². The van der Waals surface area contributed by atoms with Gasteiger partial charge in [-0.15, -0.1) is 0 Å². The first-order valence-electron chi connectivity index (χ1n) is 6.23. The number of carbonyl (C=O) groups is 1. The van der Waals surface area contributed by atoms with Crippen LogP contribution in [0.4, 0.5) is 5.69 Å². The predicted octanol–water partition coefficient (Wildman–Crippen LogP) is 2.37. The Morgan fingerprint density at radius 1 is 1.14 bits per heavy atom. The van der Waals surface area contributed by atoms with Crippen LogP contribution in [-0.2, 0) is 0 Å². The fourth-order valence-electron chi connectivity index (χ4n) is 1.86. The largest absolute Gasteiger partial charge is 0.506 e. The Kier molecular flexibility index (Phi) is 4.27. The summed E-state index contributed by atoms with van der Waals surface area (Å²) in [5, 5.41) is 12.1. The van der Waals surface area contributed by atoms with Crippen molar-refractivity contribution in [2.45, 2.75) is 6.92 Å². The number of hydrogen-bond donors (Lipinski definition) is 2. The average molecular weight is 288 g/mol. The summed E-state index contributed by atoms with van der Waals surface area (Å²) in [7, 11) is 3.08. The molecule has 0 saturated heterocycles. The lowest BCUT2D eigenvalue weighted by atomic mass is 10.1. The van der Waals surface area contributed by atoms with Crippen LogP contribution in [-0.4, -0.2) is 30.2 Å². The molecule has 1 heterocycles. The summed E-state index contributed by atoms with van der Waals surface area (Å²) in [5.74, 6) is 0.680. The second-order valence-electron chi connectivity index (χ2n) is 4.41. The zero-order valence-corrected chi connectivity index (χ0v) is 12.0. The van der Waals surface area contributed by atoms with Crippen molar-refractivity contribution in [3.63, 3.8) is 0 Å². The molecule has 0 atom stereocenters. The number of anilines is 1. The average Bonchev–Trinajstić information content (AvgIpc) is 2.48. The molecule has 21 heavy (non-hydrogen) atoms. The first kappa shape index (κ1) is 14.6. The van der Waals surface area contributed by atoms with E-state index in [0.717, 1.165) is 5.56 Å². The number of ether oxygens (including phenoxy) is 2. The van der Waals surface area contributed by atoms with Gasteiger partial charge in [0.15, 0.2) is 11.5 Å². The number of nitrogens with zero attached hydrogens (tertiary/aromatic N) is 1. The molecule has 0 saturated carbocycles. The van der Waals surface area contributed by atoms with Crippen molar-refractivity contribution < 1.29 is 19.4 Å². The molecule has 110 valence electrons. The SMILES string of the molecule is COc1cc(C)c(NC(=O)c2cncc(O)c2)cc1OC. The van der Waals surface area contributed by atoms with Gasteiger partial charge in [0, 0.05) is 18.0 Å². The van der Waals surface area contributed by atoms with Gasteiger partial charge in [0.1, 0.15) is 5.75 Å². The molecule has 0 bridgehead atoms. The van der Waals surface area contributed by atoms with E-state index in [9.17, 15) is 9.90 Å². The maximum absolute atomic E-state index is 12.1. The number of hydrogen-bond acceptors (Lipinski definition) is 5. The lowest BCUT2D eigenvalue weighted by Crippen LogP contribution is -2.13. The third kappa shape index (κ3) is 3.22. The van der Waals surface area contributed by atoms with Gasteiger partial charge in [0.2, 0.25) is 0 Å². The molecule has 0 unspecified atom stereocenters. The maximum Gasteiger partial charge on any atom is 0.257 e. The number of aromatic hydroxyl groups is 1. The van der Waals surface area contributed by atoms with Gasteiger partial charge < -0.3 is 19.9 Å². The van der Waals surface area contributed by atoms with E-state index in [2.05, 4.69) is 10.3 Å². The third-order valence-corrected chi connectivity index (χ3v) is 2.96. The van der Waals surface area contributed by atoms with Crippen molar-refractivity contribution in [3.05, 3.63) is 41.7 Å². The summed E-state index contributed by atoms with van der Waals surface area (Å²) in [5.41, 5.74) is 1.69. The third-order valence-electron chi connectivity index (χ3n) is 2.96. The van der Waals surface area contributed by atoms with Gasteiger partial charge in [-0.05, 0) is 24.6 Å². The number of benzene rings is 1. The minimum absolute atomic E-state index is 0.0633. The fourth-order valence-corrected chi connectivity index (χ4v) is 1.86. The number of carbonyl (C=O) groups excluding carboxylic acids is 1. The van der Waals surface area contributed by atoms with Crippen LogP contribution >= 0.6 is 0 Å². The second kappa shape index (κ2) is 6.13. The summed E-state index contributed by atoms with van der Waals surface area (Å²) in [4.78, 5) is 15.9. The van der Waals surface area contributed by atoms with Crippen LogP contribution in [0.2, 0.25) is 0 Å². The van der Waals surface area contributed by atoms with Crippen molar-refractivity contribution in [2.24, 2.45) is 0 Å². The quantitative estimate of drug-likeness (QED) is 0.902. The Bertz CT molecular complexity index is 671. The van der Waals surface area contributed by atoms with Gasteiger partial charge >= 0.3 is 0 Å². The Morgan fingerprint density at radius 2 is 1.81 bits per heavy atom. The van der Waals surface area contributed by atoms with Crippen LogP contribution in [0.1, 0.15) is 15.9 Å². The zero-order valence-electron chi connectivity index (χ0n) is 12.0. The highest BCUT2D eigenvalue weighted by Gasteiger charge is 2.12. The fraction of sp³-hybridized carbons (Fsp3) is 0.200. The summed E-state index contributed by atoms with van der Waals surface area (Å²) in [6.45, 7) is 1.85. The number of methoxy groups -OCH3 is 2. The van der Waals surface area contributed by atoms with Gasteiger partial charge in [-0.25, -0.2) is 0 Å². The standard InChI is InChI=1S/C15H16N2O4/c1-9-4-13(20-2)14(21-3)6-12(9)17-15(19)10-5-11(18)8-16-7-10/h4-8,18H,1-3H3,(H,17,19). The zero-order chi connectivity index (χ0) is 15.4. The summed E-state index contributed by atoms with van der Waals surface area (Å²) in [6, 6.07) is 4.80. The number of amides is 1. The van der Waals surface area contributed by atoms with Crippen molar-refractivity contribution in [2.75, 3.05) is 19.5 Å². The summed E-state index contributed by atoms with van der Waals surface area (Å²) >= 11 is 0. The first-order chi connectivity index (χ1) is 10.0. The van der Waals surface area contributed by atoms with Crippen LogP contribution in [0.5, 0.6) is 17.2 Å². The van der Waals surface area contributed by atoms with Crippen molar-refractivity contribution in [1.82, 2.24) is 4.98 Å². The first-order valence-corrected chi connectivity index (χ1v) is 6.23. The van der Waals surface area contributed by atoms with Crippen LogP contribution in [0.15, 0.2) is 30.6 Å². The molecule has 2 rings (SSSR count). The number of aromatic nitrogens is 1. The lowest BCUT2D eigenvalue weighted by molar-refractivity contribution is 0.102. The van der Waals surface area contributed by atoms with Crippen molar-refractivity contribution >= 4 is 11.6 Å². The highest BCUT2D eigenvalue weighted by Crippen LogP contribution is 2.33. The van der Waals surface area contributed by atoms with Gasteiger partial charge in [-0.3, -0.25) is 9.78 Å². The summed E-state index contributed by atoms with van der Waals surface area (Å²) in [6.07, 6.45) is 2.64.